The van der Waals surface area contributed by atoms with Gasteiger partial charge in [-0.15, -0.1) is 11.3 Å². The van der Waals surface area contributed by atoms with Crippen molar-refractivity contribution in [1.29, 1.82) is 0 Å². The third-order valence-corrected chi connectivity index (χ3v) is 5.27. The maximum atomic E-state index is 12.1. The van der Waals surface area contributed by atoms with E-state index in [4.69, 9.17) is 0 Å². The Kier molecular flexibility index (Phi) is 5.64. The summed E-state index contributed by atoms with van der Waals surface area (Å²) in [5, 5.41) is 7.65. The molecule has 1 heterocycles. The first kappa shape index (κ1) is 16.7. The van der Waals surface area contributed by atoms with Crippen LogP contribution in [0, 0.1) is 5.92 Å². The molecule has 126 valence electrons. The predicted octanol–water partition coefficient (Wildman–Crippen LogP) is 4.91. The fourth-order valence-electron chi connectivity index (χ4n) is 3.13. The summed E-state index contributed by atoms with van der Waals surface area (Å²) < 4.78 is 0. The predicted molar refractivity (Wildman–Crippen MR) is 98.5 cm³/mol. The molecule has 1 aliphatic rings. The maximum Gasteiger partial charge on any atom is 0.265 e. The van der Waals surface area contributed by atoms with Crippen LogP contribution < -0.4 is 10.6 Å². The number of anilines is 2. The van der Waals surface area contributed by atoms with Crippen molar-refractivity contribution in [2.75, 3.05) is 10.6 Å². The van der Waals surface area contributed by atoms with Crippen molar-refractivity contribution in [1.82, 2.24) is 0 Å². The highest BCUT2D eigenvalue weighted by Crippen LogP contribution is 2.28. The molecule has 1 aromatic carbocycles. The molecule has 2 aromatic rings. The number of benzene rings is 1. The van der Waals surface area contributed by atoms with Crippen LogP contribution in [0.1, 0.15) is 48.2 Å². The van der Waals surface area contributed by atoms with Gasteiger partial charge in [0, 0.05) is 17.8 Å². The van der Waals surface area contributed by atoms with Crippen molar-refractivity contribution in [3.8, 4) is 0 Å². The molecular formula is C19H22N2O2S. The summed E-state index contributed by atoms with van der Waals surface area (Å²) in [6.45, 7) is 0. The lowest BCUT2D eigenvalue weighted by atomic mass is 10.0. The number of nitrogens with one attached hydrogen (secondary N) is 2. The van der Waals surface area contributed by atoms with E-state index in [9.17, 15) is 9.59 Å². The molecule has 0 saturated heterocycles. The van der Waals surface area contributed by atoms with Crippen molar-refractivity contribution >= 4 is 34.5 Å². The van der Waals surface area contributed by atoms with Crippen LogP contribution in [-0.2, 0) is 4.79 Å². The van der Waals surface area contributed by atoms with E-state index in [1.54, 1.807) is 12.1 Å². The van der Waals surface area contributed by atoms with Crippen molar-refractivity contribution in [3.63, 3.8) is 0 Å². The summed E-state index contributed by atoms with van der Waals surface area (Å²) in [6.07, 6.45) is 6.67. The van der Waals surface area contributed by atoms with Gasteiger partial charge in [0.15, 0.2) is 0 Å². The van der Waals surface area contributed by atoms with E-state index < -0.39 is 0 Å². The number of amides is 2. The van der Waals surface area contributed by atoms with Gasteiger partial charge in [-0.25, -0.2) is 0 Å². The van der Waals surface area contributed by atoms with E-state index >= 15 is 0 Å². The van der Waals surface area contributed by atoms with Crippen molar-refractivity contribution in [2.24, 2.45) is 5.92 Å². The summed E-state index contributed by atoms with van der Waals surface area (Å²) in [5.41, 5.74) is 1.40. The average molecular weight is 342 g/mol. The van der Waals surface area contributed by atoms with E-state index in [0.717, 1.165) is 12.1 Å². The van der Waals surface area contributed by atoms with E-state index in [1.165, 1.54) is 37.0 Å². The van der Waals surface area contributed by atoms with Crippen molar-refractivity contribution < 1.29 is 9.59 Å². The van der Waals surface area contributed by atoms with E-state index in [1.807, 2.05) is 29.6 Å². The number of carbonyl (C=O) groups is 2. The van der Waals surface area contributed by atoms with Gasteiger partial charge in [-0.2, -0.15) is 0 Å². The van der Waals surface area contributed by atoms with Crippen LogP contribution >= 0.6 is 11.3 Å². The fourth-order valence-corrected chi connectivity index (χ4v) is 3.75. The third-order valence-electron chi connectivity index (χ3n) is 4.40. The van der Waals surface area contributed by atoms with Crippen LogP contribution in [0.2, 0.25) is 0 Å². The maximum absolute atomic E-state index is 12.1. The second-order valence-corrected chi connectivity index (χ2v) is 7.20. The Morgan fingerprint density at radius 3 is 2.50 bits per heavy atom. The minimum absolute atomic E-state index is 0.0450. The van der Waals surface area contributed by atoms with Gasteiger partial charge in [-0.1, -0.05) is 37.8 Å². The molecule has 1 aliphatic carbocycles. The second-order valence-electron chi connectivity index (χ2n) is 6.25. The molecule has 2 amide bonds. The average Bonchev–Trinajstić information content (AvgIpc) is 3.27. The summed E-state index contributed by atoms with van der Waals surface area (Å²) in [6, 6.07) is 10.9. The topological polar surface area (TPSA) is 58.2 Å². The highest BCUT2D eigenvalue weighted by molar-refractivity contribution is 7.12. The quantitative estimate of drug-likeness (QED) is 0.783. The lowest BCUT2D eigenvalue weighted by molar-refractivity contribution is -0.116. The molecule has 3 rings (SSSR count). The lowest BCUT2D eigenvalue weighted by Gasteiger charge is -2.10. The van der Waals surface area contributed by atoms with E-state index in [0.29, 0.717) is 22.9 Å². The minimum atomic E-state index is -0.130. The molecule has 0 aliphatic heterocycles. The van der Waals surface area contributed by atoms with Crippen LogP contribution in [0.4, 0.5) is 11.4 Å². The summed E-state index contributed by atoms with van der Waals surface area (Å²) in [5.74, 6) is 0.630. The first-order chi connectivity index (χ1) is 11.7. The Balaban J connectivity index is 1.52. The van der Waals surface area contributed by atoms with Gasteiger partial charge in [0.2, 0.25) is 5.91 Å². The number of hydrogen-bond acceptors (Lipinski definition) is 3. The van der Waals surface area contributed by atoms with Crippen molar-refractivity contribution in [3.05, 3.63) is 46.7 Å². The zero-order valence-corrected chi connectivity index (χ0v) is 14.4. The monoisotopic (exact) mass is 342 g/mol. The third kappa shape index (κ3) is 4.68. The molecule has 0 spiro atoms. The fraction of sp³-hybridized carbons (Fsp3) is 0.368. The lowest BCUT2D eigenvalue weighted by Crippen LogP contribution is -2.14. The van der Waals surface area contributed by atoms with Gasteiger partial charge in [-0.3, -0.25) is 9.59 Å². The molecular weight excluding hydrogens is 320 g/mol. The number of rotatable bonds is 6. The number of carbonyl (C=O) groups excluding carboxylic acids is 2. The first-order valence-electron chi connectivity index (χ1n) is 8.45. The molecule has 0 atom stereocenters. The molecule has 4 nitrogen and oxygen atoms in total. The Morgan fingerprint density at radius 1 is 1.04 bits per heavy atom. The molecule has 0 bridgehead atoms. The smallest absolute Gasteiger partial charge is 0.265 e. The molecule has 1 saturated carbocycles. The molecule has 1 aromatic heterocycles. The zero-order chi connectivity index (χ0) is 16.8. The second kappa shape index (κ2) is 8.11. The Bertz CT molecular complexity index is 691. The summed E-state index contributed by atoms with van der Waals surface area (Å²) >= 11 is 1.40. The molecule has 2 N–H and O–H groups in total. The van der Waals surface area contributed by atoms with E-state index in [-0.39, 0.29) is 11.8 Å². The number of thiophene rings is 1. The van der Waals surface area contributed by atoms with Crippen molar-refractivity contribution in [2.45, 2.75) is 38.5 Å². The molecule has 0 unspecified atom stereocenters. The molecule has 1 fully saturated rings. The van der Waals surface area contributed by atoms with Crippen LogP contribution in [0.25, 0.3) is 0 Å². The van der Waals surface area contributed by atoms with Gasteiger partial charge in [0.05, 0.1) is 4.88 Å². The minimum Gasteiger partial charge on any atom is -0.326 e. The normalized spacial score (nSPS) is 14.5. The SMILES string of the molecule is O=C(CCC1CCCC1)Nc1cccc(NC(=O)c2cccs2)c1. The number of hydrogen-bond donors (Lipinski definition) is 2. The van der Waals surface area contributed by atoms with Gasteiger partial charge >= 0.3 is 0 Å². The van der Waals surface area contributed by atoms with Gasteiger partial charge in [0.1, 0.15) is 0 Å². The highest BCUT2D eigenvalue weighted by atomic mass is 32.1. The molecule has 5 heteroatoms. The molecule has 24 heavy (non-hydrogen) atoms. The molecule has 0 radical (unpaired) electrons. The highest BCUT2D eigenvalue weighted by Gasteiger charge is 2.16. The van der Waals surface area contributed by atoms with Gasteiger partial charge in [0.25, 0.3) is 5.91 Å². The Labute approximate surface area is 146 Å². The van der Waals surface area contributed by atoms with Gasteiger partial charge in [-0.05, 0) is 42.0 Å². The zero-order valence-electron chi connectivity index (χ0n) is 13.6. The summed E-state index contributed by atoms with van der Waals surface area (Å²) in [7, 11) is 0. The van der Waals surface area contributed by atoms with Crippen LogP contribution in [0.5, 0.6) is 0 Å². The van der Waals surface area contributed by atoms with Crippen LogP contribution in [-0.4, -0.2) is 11.8 Å². The van der Waals surface area contributed by atoms with Crippen LogP contribution in [0.3, 0.4) is 0 Å². The summed E-state index contributed by atoms with van der Waals surface area (Å²) in [4.78, 5) is 24.8. The Morgan fingerprint density at radius 2 is 1.79 bits per heavy atom. The first-order valence-corrected chi connectivity index (χ1v) is 9.33. The van der Waals surface area contributed by atoms with E-state index in [2.05, 4.69) is 10.6 Å². The Hall–Kier alpha value is -2.14. The van der Waals surface area contributed by atoms with Gasteiger partial charge < -0.3 is 10.6 Å². The standard InChI is InChI=1S/C19H22N2O2S/c22-18(11-10-14-5-1-2-6-14)20-15-7-3-8-16(13-15)21-19(23)17-9-4-12-24-17/h3-4,7-9,12-14H,1-2,5-6,10-11H2,(H,20,22)(H,21,23). The largest absolute Gasteiger partial charge is 0.326 e. The van der Waals surface area contributed by atoms with Crippen LogP contribution in [0.15, 0.2) is 41.8 Å².